The zero-order chi connectivity index (χ0) is 16.3. The summed E-state index contributed by atoms with van der Waals surface area (Å²) >= 11 is 5.73. The molecule has 116 valence electrons. The molecule has 0 aliphatic carbocycles. The average molecular weight is 344 g/mol. The Hall–Kier alpha value is -2.52. The molecular weight excluding hydrogens is 334 g/mol. The van der Waals surface area contributed by atoms with E-state index >= 15 is 0 Å². The monoisotopic (exact) mass is 343 g/mol. The number of carboxylic acid groups (broad SMARTS) is 1. The van der Waals surface area contributed by atoms with Crippen LogP contribution >= 0.6 is 11.6 Å². The average Bonchev–Trinajstić information content (AvgIpc) is 2.91. The highest BCUT2D eigenvalue weighted by molar-refractivity contribution is 7.90. The van der Waals surface area contributed by atoms with Gasteiger partial charge in [0.15, 0.2) is 5.03 Å². The topological polar surface area (TPSA) is 128 Å². The summed E-state index contributed by atoms with van der Waals surface area (Å²) in [5, 5.41) is 11.1. The molecule has 0 aliphatic rings. The van der Waals surface area contributed by atoms with Gasteiger partial charge in [-0.3, -0.25) is 0 Å². The van der Waals surface area contributed by atoms with Crippen LogP contribution in [-0.2, 0) is 10.0 Å². The number of aromatic nitrogens is 1. The fraction of sp³-hybridized carbons (Fsp3) is 0. The van der Waals surface area contributed by atoms with E-state index in [4.69, 9.17) is 16.7 Å². The highest BCUT2D eigenvalue weighted by atomic mass is 35.5. The number of hydrogen-bond acceptors (Lipinski definition) is 4. The van der Waals surface area contributed by atoms with Crippen molar-refractivity contribution in [1.29, 1.82) is 0 Å². The molecule has 2 aromatic rings. The van der Waals surface area contributed by atoms with Crippen molar-refractivity contribution in [2.45, 2.75) is 5.03 Å². The van der Waals surface area contributed by atoms with Crippen LogP contribution in [0.5, 0.6) is 0 Å². The highest BCUT2D eigenvalue weighted by Crippen LogP contribution is 2.21. The number of amides is 2. The molecule has 22 heavy (non-hydrogen) atoms. The molecule has 0 aliphatic heterocycles. The third kappa shape index (κ3) is 3.57. The van der Waals surface area contributed by atoms with Crippen LogP contribution in [0.3, 0.4) is 0 Å². The van der Waals surface area contributed by atoms with Gasteiger partial charge in [0.2, 0.25) is 0 Å². The first-order valence-corrected chi connectivity index (χ1v) is 7.66. The second-order valence-electron chi connectivity index (χ2n) is 4.09. The number of carbonyl (C=O) groups is 2. The predicted molar refractivity (Wildman–Crippen MR) is 78.5 cm³/mol. The van der Waals surface area contributed by atoms with Gasteiger partial charge in [0, 0.05) is 11.2 Å². The number of benzene rings is 1. The second kappa shape index (κ2) is 6.08. The number of urea groups is 1. The highest BCUT2D eigenvalue weighted by Gasteiger charge is 2.20. The number of carbonyl (C=O) groups excluding carboxylic acids is 1. The van der Waals surface area contributed by atoms with E-state index in [1.165, 1.54) is 36.5 Å². The van der Waals surface area contributed by atoms with E-state index in [9.17, 15) is 18.0 Å². The van der Waals surface area contributed by atoms with Crippen molar-refractivity contribution in [2.75, 3.05) is 5.32 Å². The first kappa shape index (κ1) is 15.9. The maximum Gasteiger partial charge on any atom is 0.337 e. The van der Waals surface area contributed by atoms with Gasteiger partial charge >= 0.3 is 12.0 Å². The lowest BCUT2D eigenvalue weighted by Gasteiger charge is -2.10. The van der Waals surface area contributed by atoms with Crippen molar-refractivity contribution in [1.82, 2.24) is 9.71 Å². The standard InChI is InChI=1S/C12H10ClN3O5S/c13-7-3-4-8(11(17)18)9(6-7)15-12(19)16-22(20,21)10-2-1-5-14-10/h1-6,14H,(H,17,18)(H2,15,16,19). The molecule has 0 bridgehead atoms. The van der Waals surface area contributed by atoms with Crippen LogP contribution in [0.4, 0.5) is 10.5 Å². The Kier molecular flexibility index (Phi) is 4.38. The van der Waals surface area contributed by atoms with Gasteiger partial charge in [0.1, 0.15) is 0 Å². The Morgan fingerprint density at radius 1 is 1.23 bits per heavy atom. The van der Waals surface area contributed by atoms with Crippen LogP contribution in [-0.4, -0.2) is 30.5 Å². The van der Waals surface area contributed by atoms with Gasteiger partial charge in [0.25, 0.3) is 10.0 Å². The first-order valence-electron chi connectivity index (χ1n) is 5.79. The number of aromatic carboxylic acids is 1. The third-order valence-electron chi connectivity index (χ3n) is 2.55. The molecule has 8 nitrogen and oxygen atoms in total. The van der Waals surface area contributed by atoms with Crippen molar-refractivity contribution in [3.63, 3.8) is 0 Å². The number of nitrogens with one attached hydrogen (secondary N) is 3. The van der Waals surface area contributed by atoms with Crippen LogP contribution in [0, 0.1) is 0 Å². The van der Waals surface area contributed by atoms with E-state index in [0.717, 1.165) is 0 Å². The molecule has 0 atom stereocenters. The summed E-state index contributed by atoms with van der Waals surface area (Å²) in [6.45, 7) is 0. The minimum Gasteiger partial charge on any atom is -0.478 e. The SMILES string of the molecule is O=C(Nc1cc(Cl)ccc1C(=O)O)NS(=O)(=O)c1ccc[nH]1. The number of hydrogen-bond donors (Lipinski definition) is 4. The summed E-state index contributed by atoms with van der Waals surface area (Å²) in [6.07, 6.45) is 1.38. The van der Waals surface area contributed by atoms with Gasteiger partial charge in [-0.15, -0.1) is 0 Å². The molecule has 0 radical (unpaired) electrons. The number of H-pyrrole nitrogens is 1. The molecule has 0 saturated heterocycles. The van der Waals surface area contributed by atoms with E-state index in [2.05, 4.69) is 10.3 Å². The number of aromatic amines is 1. The zero-order valence-corrected chi connectivity index (χ0v) is 12.4. The van der Waals surface area contributed by atoms with Crippen molar-refractivity contribution in [3.05, 3.63) is 47.1 Å². The molecule has 1 heterocycles. The largest absolute Gasteiger partial charge is 0.478 e. The fourth-order valence-electron chi connectivity index (χ4n) is 1.61. The Labute approximate surface area is 130 Å². The molecule has 1 aromatic heterocycles. The molecule has 0 unspecified atom stereocenters. The van der Waals surface area contributed by atoms with Crippen molar-refractivity contribution < 1.29 is 23.1 Å². The lowest BCUT2D eigenvalue weighted by Crippen LogP contribution is -2.34. The summed E-state index contributed by atoms with van der Waals surface area (Å²) in [7, 11) is -4.08. The number of halogens is 1. The summed E-state index contributed by atoms with van der Waals surface area (Å²) in [5.74, 6) is -1.29. The number of rotatable bonds is 4. The van der Waals surface area contributed by atoms with Crippen LogP contribution in [0.2, 0.25) is 5.02 Å². The number of anilines is 1. The van der Waals surface area contributed by atoms with E-state index in [1.54, 1.807) is 4.72 Å². The van der Waals surface area contributed by atoms with Crippen LogP contribution in [0.1, 0.15) is 10.4 Å². The fourth-order valence-corrected chi connectivity index (χ4v) is 2.67. The Balaban J connectivity index is 2.20. The quantitative estimate of drug-likeness (QED) is 0.673. The van der Waals surface area contributed by atoms with Gasteiger partial charge in [-0.1, -0.05) is 11.6 Å². The smallest absolute Gasteiger partial charge is 0.337 e. The van der Waals surface area contributed by atoms with Crippen LogP contribution in [0.25, 0.3) is 0 Å². The number of carboxylic acids is 1. The maximum absolute atomic E-state index is 11.8. The van der Waals surface area contributed by atoms with Crippen LogP contribution < -0.4 is 10.0 Å². The van der Waals surface area contributed by atoms with Gasteiger partial charge in [-0.05, 0) is 30.3 Å². The Morgan fingerprint density at radius 2 is 1.95 bits per heavy atom. The molecule has 2 amide bonds. The van der Waals surface area contributed by atoms with E-state index in [-0.39, 0.29) is 21.3 Å². The Morgan fingerprint density at radius 3 is 2.55 bits per heavy atom. The maximum atomic E-state index is 11.8. The first-order chi connectivity index (χ1) is 10.3. The molecule has 2 rings (SSSR count). The lowest BCUT2D eigenvalue weighted by molar-refractivity contribution is 0.0698. The minimum atomic E-state index is -4.08. The molecule has 0 saturated carbocycles. The van der Waals surface area contributed by atoms with Crippen molar-refractivity contribution in [2.24, 2.45) is 0 Å². The van der Waals surface area contributed by atoms with Gasteiger partial charge in [-0.25, -0.2) is 14.3 Å². The van der Waals surface area contributed by atoms with Gasteiger partial charge in [-0.2, -0.15) is 8.42 Å². The minimum absolute atomic E-state index is 0.126. The second-order valence-corrected chi connectivity index (χ2v) is 6.18. The van der Waals surface area contributed by atoms with Gasteiger partial charge < -0.3 is 15.4 Å². The predicted octanol–water partition coefficient (Wildman–Crippen LogP) is 1.88. The zero-order valence-electron chi connectivity index (χ0n) is 10.8. The third-order valence-corrected chi connectivity index (χ3v) is 4.07. The van der Waals surface area contributed by atoms with E-state index in [0.29, 0.717) is 0 Å². The molecular formula is C12H10ClN3O5S. The molecule has 0 spiro atoms. The van der Waals surface area contributed by atoms with E-state index in [1.807, 2.05) is 0 Å². The normalized spacial score (nSPS) is 11.0. The summed E-state index contributed by atoms with van der Waals surface area (Å²) in [6, 6.07) is 5.33. The number of sulfonamides is 1. The van der Waals surface area contributed by atoms with Gasteiger partial charge in [0.05, 0.1) is 11.3 Å². The van der Waals surface area contributed by atoms with Crippen LogP contribution in [0.15, 0.2) is 41.6 Å². The van der Waals surface area contributed by atoms with E-state index < -0.39 is 22.0 Å². The summed E-state index contributed by atoms with van der Waals surface area (Å²) < 4.78 is 25.4. The lowest BCUT2D eigenvalue weighted by atomic mass is 10.2. The Bertz CT molecular complexity index is 817. The molecule has 0 fully saturated rings. The van der Waals surface area contributed by atoms with Crippen molar-refractivity contribution >= 4 is 39.3 Å². The molecule has 4 N–H and O–H groups in total. The van der Waals surface area contributed by atoms with Crippen molar-refractivity contribution in [3.8, 4) is 0 Å². The molecule has 1 aromatic carbocycles. The summed E-state index contributed by atoms with van der Waals surface area (Å²) in [5.41, 5.74) is -0.351. The molecule has 10 heteroatoms. The summed E-state index contributed by atoms with van der Waals surface area (Å²) in [4.78, 5) is 25.2.